The number of carbonyl (C=O) groups is 3. The molecule has 0 saturated heterocycles. The lowest BCUT2D eigenvalue weighted by Crippen LogP contribution is -2.50. The predicted molar refractivity (Wildman–Crippen MR) is 140 cm³/mol. The van der Waals surface area contributed by atoms with Crippen LogP contribution in [0.2, 0.25) is 25.7 Å². The molecule has 0 N–H and O–H groups in total. The Labute approximate surface area is 218 Å². The van der Waals surface area contributed by atoms with E-state index < -0.39 is 43.7 Å². The largest absolute Gasteiger partial charge is 0.489 e. The maximum Gasteiger partial charge on any atom is 0.310 e. The van der Waals surface area contributed by atoms with Crippen LogP contribution in [0.1, 0.15) is 48.3 Å². The van der Waals surface area contributed by atoms with Crippen molar-refractivity contribution in [2.24, 2.45) is 11.8 Å². The van der Waals surface area contributed by atoms with Crippen LogP contribution in [0.4, 0.5) is 4.39 Å². The summed E-state index contributed by atoms with van der Waals surface area (Å²) in [6.45, 7) is 9.21. The van der Waals surface area contributed by atoms with E-state index in [1.807, 2.05) is 13.0 Å². The Morgan fingerprint density at radius 3 is 2.41 bits per heavy atom. The Morgan fingerprint density at radius 2 is 1.70 bits per heavy atom. The van der Waals surface area contributed by atoms with Gasteiger partial charge in [-0.2, -0.15) is 0 Å². The molecular weight excluding hydrogens is 491 g/mol. The zero-order valence-electron chi connectivity index (χ0n) is 21.9. The summed E-state index contributed by atoms with van der Waals surface area (Å²) in [7, 11) is -1.41. The number of hydrogen-bond acceptors (Lipinski definition) is 6. The van der Waals surface area contributed by atoms with Gasteiger partial charge in [0.05, 0.1) is 31.0 Å². The lowest BCUT2D eigenvalue weighted by molar-refractivity contribution is -0.167. The first-order valence-electron chi connectivity index (χ1n) is 13.0. The summed E-state index contributed by atoms with van der Waals surface area (Å²) >= 11 is 0. The maximum atomic E-state index is 13.5. The minimum absolute atomic E-state index is 0.0793. The van der Waals surface area contributed by atoms with Crippen molar-refractivity contribution in [3.8, 4) is 5.75 Å². The van der Waals surface area contributed by atoms with Crippen LogP contribution in [0.3, 0.4) is 0 Å². The second kappa shape index (κ2) is 11.2. The van der Waals surface area contributed by atoms with Crippen LogP contribution in [0, 0.1) is 17.7 Å². The van der Waals surface area contributed by atoms with Crippen molar-refractivity contribution in [3.05, 3.63) is 65.0 Å². The molecule has 2 aromatic rings. The summed E-state index contributed by atoms with van der Waals surface area (Å²) in [5.41, 5.74) is 2.24. The number of benzene rings is 2. The van der Waals surface area contributed by atoms with E-state index >= 15 is 0 Å². The Morgan fingerprint density at radius 1 is 0.973 bits per heavy atom. The van der Waals surface area contributed by atoms with Gasteiger partial charge < -0.3 is 14.2 Å². The van der Waals surface area contributed by atoms with Gasteiger partial charge in [-0.15, -0.1) is 0 Å². The lowest BCUT2D eigenvalue weighted by Gasteiger charge is -2.46. The quantitative estimate of drug-likeness (QED) is 0.295. The number of fused-ring (bicyclic) bond motifs is 2. The molecule has 0 aliphatic heterocycles. The summed E-state index contributed by atoms with van der Waals surface area (Å²) < 4.78 is 30.6. The second-order valence-electron chi connectivity index (χ2n) is 11.2. The number of ketones is 1. The van der Waals surface area contributed by atoms with Crippen molar-refractivity contribution in [1.82, 2.24) is 0 Å². The molecule has 5 rings (SSSR count). The van der Waals surface area contributed by atoms with Crippen molar-refractivity contribution in [1.29, 1.82) is 0 Å². The first-order chi connectivity index (χ1) is 17.6. The van der Waals surface area contributed by atoms with Crippen molar-refractivity contribution < 1.29 is 33.0 Å². The molecule has 4 atom stereocenters. The molecule has 2 unspecified atom stereocenters. The van der Waals surface area contributed by atoms with E-state index in [1.165, 1.54) is 12.1 Å². The van der Waals surface area contributed by atoms with Crippen LogP contribution in [0.25, 0.3) is 0 Å². The number of carbonyl (C=O) groups excluding carboxylic acids is 3. The number of halogens is 1. The fourth-order valence-corrected chi connectivity index (χ4v) is 6.00. The fourth-order valence-electron chi connectivity index (χ4n) is 5.29. The molecule has 2 aromatic carbocycles. The van der Waals surface area contributed by atoms with Gasteiger partial charge in [-0.25, -0.2) is 4.39 Å². The Balaban J connectivity index is 1.62. The topological polar surface area (TPSA) is 78.9 Å². The van der Waals surface area contributed by atoms with Gasteiger partial charge in [-0.05, 0) is 53.4 Å². The predicted octanol–water partition coefficient (Wildman–Crippen LogP) is 5.63. The molecular formula is C29H35FO6Si. The number of esters is 2. The summed E-state index contributed by atoms with van der Waals surface area (Å²) in [5, 5.41) is 0. The Hall–Kier alpha value is -3.00. The summed E-state index contributed by atoms with van der Waals surface area (Å²) in [6.07, 6.45) is 0.826. The number of hydrogen-bond donors (Lipinski definition) is 0. The highest BCUT2D eigenvalue weighted by atomic mass is 28.3. The molecule has 37 heavy (non-hydrogen) atoms. The number of Topliss-reactive ketones (excluding diaryl/α,β-unsaturated/α-hetero) is 1. The van der Waals surface area contributed by atoms with Gasteiger partial charge in [0.2, 0.25) is 0 Å². The highest BCUT2D eigenvalue weighted by Crippen LogP contribution is 2.55. The zero-order chi connectivity index (χ0) is 26.7. The third kappa shape index (κ3) is 6.12. The van der Waals surface area contributed by atoms with E-state index in [9.17, 15) is 18.8 Å². The van der Waals surface area contributed by atoms with Crippen molar-refractivity contribution >= 4 is 25.8 Å². The van der Waals surface area contributed by atoms with E-state index in [0.29, 0.717) is 29.9 Å². The van der Waals surface area contributed by atoms with E-state index in [-0.39, 0.29) is 31.2 Å². The van der Waals surface area contributed by atoms with E-state index in [1.54, 1.807) is 24.3 Å². The molecule has 2 bridgehead atoms. The second-order valence-corrected chi connectivity index (χ2v) is 16.8. The normalized spacial score (nSPS) is 22.4. The van der Waals surface area contributed by atoms with Crippen LogP contribution in [0.5, 0.6) is 5.75 Å². The molecule has 0 aromatic heterocycles. The van der Waals surface area contributed by atoms with Gasteiger partial charge in [0.1, 0.15) is 24.0 Å². The first kappa shape index (κ1) is 27.0. The fraction of sp³-hybridized carbons (Fsp3) is 0.483. The number of rotatable bonds is 10. The van der Waals surface area contributed by atoms with Crippen molar-refractivity contribution in [2.75, 3.05) is 13.2 Å². The van der Waals surface area contributed by atoms with Gasteiger partial charge in [0, 0.05) is 20.4 Å². The monoisotopic (exact) mass is 526 g/mol. The minimum atomic E-state index is -1.41. The molecule has 1 fully saturated rings. The lowest BCUT2D eigenvalue weighted by atomic mass is 9.55. The third-order valence-corrected chi connectivity index (χ3v) is 8.83. The SMILES string of the molecule is CCCOC(=O)[C@H]1C(C(=O)OCC[Si](C)(C)C)C2CC(=O)[C@H]1c1cc(OCc3cccc(F)c3)ccc12. The molecule has 3 aliphatic rings. The number of ether oxygens (including phenoxy) is 3. The Kier molecular flexibility index (Phi) is 8.16. The van der Waals surface area contributed by atoms with Crippen molar-refractivity contribution in [3.63, 3.8) is 0 Å². The van der Waals surface area contributed by atoms with Gasteiger partial charge in [-0.1, -0.05) is 44.8 Å². The highest BCUT2D eigenvalue weighted by Gasteiger charge is 2.57. The minimum Gasteiger partial charge on any atom is -0.489 e. The first-order valence-corrected chi connectivity index (χ1v) is 16.7. The van der Waals surface area contributed by atoms with Crippen LogP contribution in [-0.4, -0.2) is 39.0 Å². The summed E-state index contributed by atoms with van der Waals surface area (Å²) in [5.74, 6) is -3.82. The van der Waals surface area contributed by atoms with Crippen LogP contribution in [-0.2, 0) is 30.5 Å². The molecule has 8 heteroatoms. The smallest absolute Gasteiger partial charge is 0.310 e. The van der Waals surface area contributed by atoms with E-state index in [0.717, 1.165) is 11.6 Å². The van der Waals surface area contributed by atoms with Gasteiger partial charge in [-0.3, -0.25) is 14.4 Å². The van der Waals surface area contributed by atoms with Crippen LogP contribution < -0.4 is 4.74 Å². The maximum absolute atomic E-state index is 13.5. The van der Waals surface area contributed by atoms with E-state index in [2.05, 4.69) is 19.6 Å². The van der Waals surface area contributed by atoms with Gasteiger partial charge >= 0.3 is 11.9 Å². The van der Waals surface area contributed by atoms with E-state index in [4.69, 9.17) is 14.2 Å². The van der Waals surface area contributed by atoms with Crippen LogP contribution in [0.15, 0.2) is 42.5 Å². The van der Waals surface area contributed by atoms with Gasteiger partial charge in [0.25, 0.3) is 0 Å². The average Bonchev–Trinajstić information content (AvgIpc) is 2.84. The summed E-state index contributed by atoms with van der Waals surface area (Å²) in [4.78, 5) is 39.8. The molecule has 1 saturated carbocycles. The molecule has 198 valence electrons. The summed E-state index contributed by atoms with van der Waals surface area (Å²) in [6, 6.07) is 12.4. The molecule has 0 amide bonds. The molecule has 0 heterocycles. The van der Waals surface area contributed by atoms with Crippen LogP contribution >= 0.6 is 0 Å². The third-order valence-electron chi connectivity index (χ3n) is 7.12. The van der Waals surface area contributed by atoms with Crippen molar-refractivity contribution in [2.45, 2.75) is 63.9 Å². The Bertz CT molecular complexity index is 1170. The average molecular weight is 527 g/mol. The highest BCUT2D eigenvalue weighted by molar-refractivity contribution is 6.76. The molecule has 0 radical (unpaired) electrons. The standard InChI is InChI=1S/C29H35FO6Si/c1-5-11-34-29(33)27-25-22-15-20(36-17-18-7-6-8-19(30)14-18)9-10-21(22)23(16-24(25)31)26(27)28(32)35-12-13-37(2,3)4/h6-10,14-15,23,25-27H,5,11-13,16-17H2,1-4H3/t23?,25-,26?,27-/m1/s1. The molecule has 6 nitrogen and oxygen atoms in total. The van der Waals surface area contributed by atoms with Gasteiger partial charge in [0.15, 0.2) is 0 Å². The molecule has 0 spiro atoms. The zero-order valence-corrected chi connectivity index (χ0v) is 22.9. The molecule has 3 aliphatic carbocycles.